The Morgan fingerprint density at radius 1 is 1.53 bits per heavy atom. The summed E-state index contributed by atoms with van der Waals surface area (Å²) in [7, 11) is 0. The Bertz CT molecular complexity index is 511. The highest BCUT2D eigenvalue weighted by Gasteiger charge is 2.23. The smallest absolute Gasteiger partial charge is 0.363 e. The van der Waals surface area contributed by atoms with Gasteiger partial charge in [0.1, 0.15) is 0 Å². The lowest BCUT2D eigenvalue weighted by Gasteiger charge is -2.17. The fraction of sp³-hybridized carbons (Fsp3) is 0.583. The summed E-state index contributed by atoms with van der Waals surface area (Å²) >= 11 is 0. The molecule has 104 valence electrons. The fourth-order valence-corrected chi connectivity index (χ4v) is 2.04. The second-order valence-corrected chi connectivity index (χ2v) is 4.28. The predicted molar refractivity (Wildman–Crippen MR) is 66.7 cm³/mol. The zero-order chi connectivity index (χ0) is 13.8. The maximum atomic E-state index is 13.7. The van der Waals surface area contributed by atoms with Crippen LogP contribution in [0.1, 0.15) is 26.1 Å². The second kappa shape index (κ2) is 5.81. The molecule has 0 aromatic carbocycles. The summed E-state index contributed by atoms with van der Waals surface area (Å²) in [6, 6.07) is 1.30. The summed E-state index contributed by atoms with van der Waals surface area (Å²) in [6.07, 6.45) is 1.34. The number of esters is 1. The van der Waals surface area contributed by atoms with Gasteiger partial charge in [-0.05, 0) is 19.8 Å². The third-order valence-corrected chi connectivity index (χ3v) is 2.98. The molecule has 0 N–H and O–H groups in total. The van der Waals surface area contributed by atoms with Gasteiger partial charge in [-0.1, -0.05) is 0 Å². The van der Waals surface area contributed by atoms with E-state index in [4.69, 9.17) is 0 Å². The first kappa shape index (κ1) is 13.5. The van der Waals surface area contributed by atoms with Gasteiger partial charge in [0.2, 0.25) is 0 Å². The van der Waals surface area contributed by atoms with Crippen molar-refractivity contribution in [3.63, 3.8) is 0 Å². The SMILES string of the molecule is CCOC(=O)C(F)n1ncc(N2CCCC2)cc1=O. The molecule has 0 saturated carbocycles. The van der Waals surface area contributed by atoms with Crippen LogP contribution in [0.3, 0.4) is 0 Å². The third-order valence-electron chi connectivity index (χ3n) is 2.98. The molecule has 1 saturated heterocycles. The van der Waals surface area contributed by atoms with E-state index in [0.29, 0.717) is 10.4 Å². The van der Waals surface area contributed by atoms with Gasteiger partial charge in [0, 0.05) is 19.2 Å². The van der Waals surface area contributed by atoms with Crippen molar-refractivity contribution in [1.29, 1.82) is 0 Å². The molecule has 1 aromatic rings. The van der Waals surface area contributed by atoms with Crippen LogP contribution in [0.15, 0.2) is 17.1 Å². The number of hydrogen-bond donors (Lipinski definition) is 0. The van der Waals surface area contributed by atoms with Crippen molar-refractivity contribution in [2.24, 2.45) is 0 Å². The zero-order valence-electron chi connectivity index (χ0n) is 10.7. The summed E-state index contributed by atoms with van der Waals surface area (Å²) < 4.78 is 18.7. The summed E-state index contributed by atoms with van der Waals surface area (Å²) in [5.74, 6) is -1.11. The number of aromatic nitrogens is 2. The summed E-state index contributed by atoms with van der Waals surface area (Å²) in [5.41, 5.74) is 0.0137. The van der Waals surface area contributed by atoms with Crippen molar-refractivity contribution in [3.05, 3.63) is 22.6 Å². The largest absolute Gasteiger partial charge is 0.462 e. The van der Waals surface area contributed by atoms with Crippen molar-refractivity contribution < 1.29 is 13.9 Å². The number of nitrogens with zero attached hydrogens (tertiary/aromatic N) is 3. The molecule has 1 aromatic heterocycles. The molecular formula is C12H16FN3O3. The standard InChI is InChI=1S/C12H16FN3O3/c1-2-19-12(18)11(13)16-10(17)7-9(8-14-16)15-5-3-4-6-15/h7-8,11H,2-6H2,1H3. The van der Waals surface area contributed by atoms with Gasteiger partial charge in [0.05, 0.1) is 18.5 Å². The van der Waals surface area contributed by atoms with Crippen LogP contribution in [-0.2, 0) is 9.53 Å². The molecule has 1 unspecified atom stereocenters. The predicted octanol–water partition coefficient (Wildman–Crippen LogP) is 0.875. The molecule has 1 aliphatic heterocycles. The van der Waals surface area contributed by atoms with Gasteiger partial charge in [-0.15, -0.1) is 0 Å². The van der Waals surface area contributed by atoms with Crippen LogP contribution in [0.2, 0.25) is 0 Å². The van der Waals surface area contributed by atoms with Crippen LogP contribution < -0.4 is 10.5 Å². The van der Waals surface area contributed by atoms with E-state index < -0.39 is 17.8 Å². The Morgan fingerprint density at radius 2 is 2.21 bits per heavy atom. The molecule has 0 amide bonds. The Kier molecular flexibility index (Phi) is 4.13. The van der Waals surface area contributed by atoms with Crippen LogP contribution in [0.4, 0.5) is 10.1 Å². The summed E-state index contributed by atoms with van der Waals surface area (Å²) in [5, 5.41) is 3.71. The van der Waals surface area contributed by atoms with Gasteiger partial charge in [-0.2, -0.15) is 9.78 Å². The van der Waals surface area contributed by atoms with Crippen LogP contribution in [0.5, 0.6) is 0 Å². The lowest BCUT2D eigenvalue weighted by molar-refractivity contribution is -0.153. The van der Waals surface area contributed by atoms with Gasteiger partial charge in [-0.25, -0.2) is 9.18 Å². The van der Waals surface area contributed by atoms with Gasteiger partial charge < -0.3 is 9.64 Å². The molecule has 6 nitrogen and oxygen atoms in total. The minimum atomic E-state index is -2.19. The molecule has 0 aliphatic carbocycles. The van der Waals surface area contributed by atoms with Gasteiger partial charge in [-0.3, -0.25) is 4.79 Å². The van der Waals surface area contributed by atoms with E-state index in [1.165, 1.54) is 12.3 Å². The second-order valence-electron chi connectivity index (χ2n) is 4.28. The van der Waals surface area contributed by atoms with Crippen LogP contribution in [-0.4, -0.2) is 35.4 Å². The van der Waals surface area contributed by atoms with Crippen LogP contribution >= 0.6 is 0 Å². The fourth-order valence-electron chi connectivity index (χ4n) is 2.04. The van der Waals surface area contributed by atoms with Crippen molar-refractivity contribution in [2.75, 3.05) is 24.6 Å². The minimum Gasteiger partial charge on any atom is -0.462 e. The molecule has 2 heterocycles. The van der Waals surface area contributed by atoms with Gasteiger partial charge in [0.15, 0.2) is 0 Å². The van der Waals surface area contributed by atoms with E-state index in [1.807, 2.05) is 4.90 Å². The molecule has 0 radical (unpaired) electrons. The highest BCUT2D eigenvalue weighted by atomic mass is 19.1. The number of carbonyl (C=O) groups is 1. The minimum absolute atomic E-state index is 0.0554. The highest BCUT2D eigenvalue weighted by molar-refractivity contribution is 5.72. The van der Waals surface area contributed by atoms with Crippen LogP contribution in [0.25, 0.3) is 0 Å². The van der Waals surface area contributed by atoms with E-state index >= 15 is 0 Å². The first-order valence-electron chi connectivity index (χ1n) is 6.28. The number of anilines is 1. The van der Waals surface area contributed by atoms with Crippen molar-refractivity contribution >= 4 is 11.7 Å². The quantitative estimate of drug-likeness (QED) is 0.759. The van der Waals surface area contributed by atoms with Crippen LogP contribution in [0, 0.1) is 0 Å². The molecule has 1 aliphatic rings. The Morgan fingerprint density at radius 3 is 2.79 bits per heavy atom. The van der Waals surface area contributed by atoms with Gasteiger partial charge in [0.25, 0.3) is 11.9 Å². The first-order valence-corrected chi connectivity index (χ1v) is 6.28. The average molecular weight is 269 g/mol. The van der Waals surface area contributed by atoms with E-state index in [-0.39, 0.29) is 6.61 Å². The monoisotopic (exact) mass is 269 g/mol. The number of hydrogen-bond acceptors (Lipinski definition) is 5. The molecule has 7 heteroatoms. The molecule has 1 atom stereocenters. The maximum Gasteiger partial charge on any atom is 0.363 e. The normalized spacial score (nSPS) is 16.4. The number of alkyl halides is 1. The Balaban J connectivity index is 2.19. The van der Waals surface area contributed by atoms with Crippen molar-refractivity contribution in [3.8, 4) is 0 Å². The number of rotatable bonds is 4. The summed E-state index contributed by atoms with van der Waals surface area (Å²) in [6.45, 7) is 3.35. The lowest BCUT2D eigenvalue weighted by Crippen LogP contribution is -2.31. The number of carbonyl (C=O) groups excluding carboxylic acids is 1. The van der Waals surface area contributed by atoms with Gasteiger partial charge >= 0.3 is 5.97 Å². The van der Waals surface area contributed by atoms with E-state index in [0.717, 1.165) is 25.9 Å². The average Bonchev–Trinajstić information content (AvgIpc) is 2.92. The molecule has 1 fully saturated rings. The molecule has 2 rings (SSSR count). The first-order chi connectivity index (χ1) is 9.13. The molecule has 0 spiro atoms. The number of ether oxygens (including phenoxy) is 1. The van der Waals surface area contributed by atoms with E-state index in [1.54, 1.807) is 6.92 Å². The number of halogens is 1. The molecular weight excluding hydrogens is 253 g/mol. The topological polar surface area (TPSA) is 64.4 Å². The maximum absolute atomic E-state index is 13.7. The lowest BCUT2D eigenvalue weighted by atomic mass is 10.4. The van der Waals surface area contributed by atoms with Crippen molar-refractivity contribution in [2.45, 2.75) is 26.1 Å². The van der Waals surface area contributed by atoms with Crippen molar-refractivity contribution in [1.82, 2.24) is 9.78 Å². The molecule has 19 heavy (non-hydrogen) atoms. The third kappa shape index (κ3) is 2.91. The van der Waals surface area contributed by atoms with E-state index in [9.17, 15) is 14.0 Å². The highest BCUT2D eigenvalue weighted by Crippen LogP contribution is 2.17. The molecule has 0 bridgehead atoms. The summed E-state index contributed by atoms with van der Waals surface area (Å²) in [4.78, 5) is 25.0. The Hall–Kier alpha value is -1.92. The van der Waals surface area contributed by atoms with E-state index in [2.05, 4.69) is 9.84 Å². The Labute approximate surface area is 109 Å². The zero-order valence-corrected chi connectivity index (χ0v) is 10.7.